The van der Waals surface area contributed by atoms with Gasteiger partial charge in [0, 0.05) is 12.4 Å². The molecule has 27 heavy (non-hydrogen) atoms. The Kier molecular flexibility index (Phi) is 5.88. The lowest BCUT2D eigenvalue weighted by molar-refractivity contribution is 0.340. The molecule has 0 fully saturated rings. The molecule has 0 saturated carbocycles. The summed E-state index contributed by atoms with van der Waals surface area (Å²) in [5.41, 5.74) is 2.26. The number of anilines is 1. The van der Waals surface area contributed by atoms with E-state index in [0.29, 0.717) is 18.0 Å². The molecule has 0 amide bonds. The topological polar surface area (TPSA) is 68.3 Å². The molecule has 2 aromatic carbocycles. The van der Waals surface area contributed by atoms with Gasteiger partial charge in [-0.1, -0.05) is 30.4 Å². The molecule has 1 aromatic heterocycles. The Bertz CT molecular complexity index is 1010. The SMILES string of the molecule is CCOc1ccc(S(=O)(=O)Nc2ccccc2C=Cc2ccncc2)cc1. The first-order chi connectivity index (χ1) is 13.1. The predicted molar refractivity (Wildman–Crippen MR) is 108 cm³/mol. The zero-order valence-electron chi connectivity index (χ0n) is 14.9. The van der Waals surface area contributed by atoms with Gasteiger partial charge >= 0.3 is 0 Å². The molecule has 0 atom stereocenters. The summed E-state index contributed by atoms with van der Waals surface area (Å²) in [5, 5.41) is 0. The van der Waals surface area contributed by atoms with Crippen molar-refractivity contribution in [2.75, 3.05) is 11.3 Å². The summed E-state index contributed by atoms with van der Waals surface area (Å²) in [6, 6.07) is 17.4. The molecule has 3 aromatic rings. The summed E-state index contributed by atoms with van der Waals surface area (Å²) >= 11 is 0. The number of nitrogens with zero attached hydrogens (tertiary/aromatic N) is 1. The van der Waals surface area contributed by atoms with Crippen LogP contribution < -0.4 is 9.46 Å². The van der Waals surface area contributed by atoms with E-state index in [1.54, 1.807) is 36.7 Å². The average Bonchev–Trinajstić information content (AvgIpc) is 2.69. The van der Waals surface area contributed by atoms with Crippen molar-refractivity contribution in [3.63, 3.8) is 0 Å². The molecule has 6 heteroatoms. The highest BCUT2D eigenvalue weighted by molar-refractivity contribution is 7.92. The van der Waals surface area contributed by atoms with Crippen LogP contribution in [0.5, 0.6) is 5.75 Å². The minimum Gasteiger partial charge on any atom is -0.494 e. The fraction of sp³-hybridized carbons (Fsp3) is 0.0952. The number of aromatic nitrogens is 1. The lowest BCUT2D eigenvalue weighted by Gasteiger charge is -2.11. The van der Waals surface area contributed by atoms with Crippen LogP contribution in [0, 0.1) is 0 Å². The number of para-hydroxylation sites is 1. The zero-order chi connectivity index (χ0) is 19.1. The normalized spacial score (nSPS) is 11.4. The maximum atomic E-state index is 12.7. The first kappa shape index (κ1) is 18.7. The molecule has 0 aliphatic heterocycles. The number of benzene rings is 2. The third-order valence-corrected chi connectivity index (χ3v) is 5.19. The predicted octanol–water partition coefficient (Wildman–Crippen LogP) is 4.45. The monoisotopic (exact) mass is 380 g/mol. The molecule has 0 aliphatic rings. The number of nitrogens with one attached hydrogen (secondary N) is 1. The van der Waals surface area contributed by atoms with Gasteiger partial charge in [0.05, 0.1) is 17.2 Å². The summed E-state index contributed by atoms with van der Waals surface area (Å²) in [7, 11) is -3.70. The number of ether oxygens (including phenoxy) is 1. The molecule has 138 valence electrons. The molecule has 1 N–H and O–H groups in total. The highest BCUT2D eigenvalue weighted by atomic mass is 32.2. The first-order valence-electron chi connectivity index (χ1n) is 8.51. The third-order valence-electron chi connectivity index (χ3n) is 3.81. The molecule has 0 unspecified atom stereocenters. The van der Waals surface area contributed by atoms with E-state index in [2.05, 4.69) is 9.71 Å². The summed E-state index contributed by atoms with van der Waals surface area (Å²) in [6.07, 6.45) is 7.19. The van der Waals surface area contributed by atoms with Gasteiger partial charge in [-0.05, 0) is 60.5 Å². The van der Waals surface area contributed by atoms with E-state index in [4.69, 9.17) is 4.74 Å². The molecule has 5 nitrogen and oxygen atoms in total. The summed E-state index contributed by atoms with van der Waals surface area (Å²) < 4.78 is 33.4. The number of hydrogen-bond acceptors (Lipinski definition) is 4. The molecule has 0 bridgehead atoms. The maximum Gasteiger partial charge on any atom is 0.261 e. The summed E-state index contributed by atoms with van der Waals surface area (Å²) in [5.74, 6) is 0.636. The van der Waals surface area contributed by atoms with Crippen LogP contribution in [0.1, 0.15) is 18.1 Å². The Balaban J connectivity index is 1.83. The molecular formula is C21H20N2O3S. The van der Waals surface area contributed by atoms with Crippen molar-refractivity contribution in [3.8, 4) is 5.75 Å². The van der Waals surface area contributed by atoms with E-state index in [-0.39, 0.29) is 4.90 Å². The van der Waals surface area contributed by atoms with Gasteiger partial charge in [-0.2, -0.15) is 0 Å². The van der Waals surface area contributed by atoms with Crippen molar-refractivity contribution in [1.29, 1.82) is 0 Å². The fourth-order valence-corrected chi connectivity index (χ4v) is 3.57. The number of pyridine rings is 1. The van der Waals surface area contributed by atoms with Crippen LogP contribution in [-0.2, 0) is 10.0 Å². The molecule has 1 heterocycles. The van der Waals surface area contributed by atoms with Crippen LogP contribution in [0.15, 0.2) is 78.0 Å². The smallest absolute Gasteiger partial charge is 0.261 e. The van der Waals surface area contributed by atoms with Crippen LogP contribution in [0.4, 0.5) is 5.69 Å². The second kappa shape index (κ2) is 8.51. The van der Waals surface area contributed by atoms with E-state index in [0.717, 1.165) is 11.1 Å². The van der Waals surface area contributed by atoms with Crippen molar-refractivity contribution in [2.45, 2.75) is 11.8 Å². The fourth-order valence-electron chi connectivity index (χ4n) is 2.48. The molecule has 0 spiro atoms. The Morgan fingerprint density at radius 3 is 2.37 bits per heavy atom. The van der Waals surface area contributed by atoms with Crippen molar-refractivity contribution < 1.29 is 13.2 Å². The Labute approximate surface area is 159 Å². The van der Waals surface area contributed by atoms with Crippen LogP contribution in [0.3, 0.4) is 0 Å². The quantitative estimate of drug-likeness (QED) is 0.657. The molecular weight excluding hydrogens is 360 g/mol. The average molecular weight is 380 g/mol. The zero-order valence-corrected chi connectivity index (χ0v) is 15.7. The lowest BCUT2D eigenvalue weighted by atomic mass is 10.1. The lowest BCUT2D eigenvalue weighted by Crippen LogP contribution is -2.13. The van der Waals surface area contributed by atoms with Gasteiger partial charge in [-0.25, -0.2) is 8.42 Å². The molecule has 0 aliphatic carbocycles. The molecule has 3 rings (SSSR count). The second-order valence-corrected chi connectivity index (χ2v) is 7.39. The second-order valence-electron chi connectivity index (χ2n) is 5.71. The maximum absolute atomic E-state index is 12.7. The number of sulfonamides is 1. The minimum absolute atomic E-state index is 0.180. The van der Waals surface area contributed by atoms with Gasteiger partial charge in [0.15, 0.2) is 0 Å². The molecule has 0 saturated heterocycles. The van der Waals surface area contributed by atoms with E-state index in [1.165, 1.54) is 12.1 Å². The number of hydrogen-bond donors (Lipinski definition) is 1. The minimum atomic E-state index is -3.70. The summed E-state index contributed by atoms with van der Waals surface area (Å²) in [6.45, 7) is 2.41. The Morgan fingerprint density at radius 1 is 0.963 bits per heavy atom. The van der Waals surface area contributed by atoms with E-state index in [1.807, 2.05) is 43.3 Å². The van der Waals surface area contributed by atoms with E-state index in [9.17, 15) is 8.42 Å². The van der Waals surface area contributed by atoms with Gasteiger partial charge in [-0.15, -0.1) is 0 Å². The van der Waals surface area contributed by atoms with Gasteiger partial charge < -0.3 is 4.74 Å². The largest absolute Gasteiger partial charge is 0.494 e. The van der Waals surface area contributed by atoms with Crippen LogP contribution >= 0.6 is 0 Å². The highest BCUT2D eigenvalue weighted by Crippen LogP contribution is 2.23. The van der Waals surface area contributed by atoms with Gasteiger partial charge in [-0.3, -0.25) is 9.71 Å². The number of rotatable bonds is 7. The van der Waals surface area contributed by atoms with Crippen LogP contribution in [0.2, 0.25) is 0 Å². The highest BCUT2D eigenvalue weighted by Gasteiger charge is 2.15. The standard InChI is InChI=1S/C21H20N2O3S/c1-2-26-19-9-11-20(12-10-19)27(24,25)23-21-6-4-3-5-18(21)8-7-17-13-15-22-16-14-17/h3-16,23H,2H2,1H3. The molecule has 0 radical (unpaired) electrons. The van der Waals surface area contributed by atoms with Crippen molar-refractivity contribution in [1.82, 2.24) is 4.98 Å². The summed E-state index contributed by atoms with van der Waals surface area (Å²) in [4.78, 5) is 4.16. The Hall–Kier alpha value is -3.12. The van der Waals surface area contributed by atoms with Crippen molar-refractivity contribution >= 4 is 27.9 Å². The van der Waals surface area contributed by atoms with Crippen LogP contribution in [0.25, 0.3) is 12.2 Å². The first-order valence-corrected chi connectivity index (χ1v) is 9.99. The van der Waals surface area contributed by atoms with Gasteiger partial charge in [0.25, 0.3) is 10.0 Å². The van der Waals surface area contributed by atoms with Crippen molar-refractivity contribution in [2.24, 2.45) is 0 Å². The van der Waals surface area contributed by atoms with Crippen LogP contribution in [-0.4, -0.2) is 20.0 Å². The van der Waals surface area contributed by atoms with E-state index < -0.39 is 10.0 Å². The Morgan fingerprint density at radius 2 is 1.67 bits per heavy atom. The van der Waals surface area contributed by atoms with Crippen molar-refractivity contribution in [3.05, 3.63) is 84.2 Å². The van der Waals surface area contributed by atoms with Gasteiger partial charge in [0.2, 0.25) is 0 Å². The van der Waals surface area contributed by atoms with E-state index >= 15 is 0 Å². The van der Waals surface area contributed by atoms with Gasteiger partial charge in [0.1, 0.15) is 5.75 Å². The third kappa shape index (κ3) is 4.95.